The van der Waals surface area contributed by atoms with E-state index in [1.807, 2.05) is 34.6 Å². The van der Waals surface area contributed by atoms with Crippen LogP contribution in [-0.2, 0) is 14.3 Å². The zero-order valence-electron chi connectivity index (χ0n) is 17.2. The van der Waals surface area contributed by atoms with Crippen LogP contribution in [0.3, 0.4) is 0 Å². The first kappa shape index (κ1) is 21.8. The van der Waals surface area contributed by atoms with E-state index in [1.54, 1.807) is 0 Å². The molecule has 25 heavy (non-hydrogen) atoms. The number of alkyl carbamates (subject to hydrolysis) is 1. The lowest BCUT2D eigenvalue weighted by atomic mass is 9.83. The molecule has 0 aromatic rings. The highest BCUT2D eigenvalue weighted by atomic mass is 16.6. The van der Waals surface area contributed by atoms with Crippen molar-refractivity contribution in [1.82, 2.24) is 5.32 Å². The number of cyclic esters (lactones) is 1. The van der Waals surface area contributed by atoms with Crippen molar-refractivity contribution in [2.45, 2.75) is 92.4 Å². The molecule has 1 aliphatic heterocycles. The summed E-state index contributed by atoms with van der Waals surface area (Å²) in [7, 11) is 0. The molecule has 146 valence electrons. The number of carbonyl (C=O) groups is 2. The molecule has 0 aromatic heterocycles. The molecule has 1 heterocycles. The summed E-state index contributed by atoms with van der Waals surface area (Å²) in [6, 6.07) is -0.213. The van der Waals surface area contributed by atoms with Gasteiger partial charge < -0.3 is 14.8 Å². The number of amides is 1. The summed E-state index contributed by atoms with van der Waals surface area (Å²) >= 11 is 0. The Hall–Kier alpha value is -1.26. The molecule has 0 unspecified atom stereocenters. The smallest absolute Gasteiger partial charge is 0.408 e. The van der Waals surface area contributed by atoms with Gasteiger partial charge in [-0.1, -0.05) is 41.0 Å². The predicted octanol–water partition coefficient (Wildman–Crippen LogP) is 4.54. The van der Waals surface area contributed by atoms with Crippen LogP contribution in [0, 0.1) is 23.7 Å². The molecule has 5 nitrogen and oxygen atoms in total. The zero-order chi connectivity index (χ0) is 19.4. The first-order chi connectivity index (χ1) is 11.4. The first-order valence-corrected chi connectivity index (χ1v) is 9.64. The molecule has 1 amide bonds. The van der Waals surface area contributed by atoms with E-state index >= 15 is 0 Å². The molecule has 1 saturated heterocycles. The lowest BCUT2D eigenvalue weighted by Gasteiger charge is -2.30. The largest absolute Gasteiger partial charge is 0.460 e. The van der Waals surface area contributed by atoms with Gasteiger partial charge in [-0.25, -0.2) is 4.79 Å². The molecule has 1 fully saturated rings. The Labute approximate surface area is 153 Å². The van der Waals surface area contributed by atoms with Crippen LogP contribution in [0.5, 0.6) is 0 Å². The van der Waals surface area contributed by atoms with Gasteiger partial charge in [0.25, 0.3) is 0 Å². The summed E-state index contributed by atoms with van der Waals surface area (Å²) in [5.74, 6) is 0.968. The van der Waals surface area contributed by atoms with E-state index in [0.29, 0.717) is 18.3 Å². The lowest BCUT2D eigenvalue weighted by Crippen LogP contribution is -2.46. The minimum atomic E-state index is -0.552. The number of esters is 1. The van der Waals surface area contributed by atoms with Crippen molar-refractivity contribution in [1.29, 1.82) is 0 Å². The molecule has 0 spiro atoms. The number of carbonyl (C=O) groups excluding carboxylic acids is 2. The van der Waals surface area contributed by atoms with Crippen molar-refractivity contribution in [2.24, 2.45) is 23.7 Å². The summed E-state index contributed by atoms with van der Waals surface area (Å²) in [4.78, 5) is 24.5. The Balaban J connectivity index is 2.88. The maximum Gasteiger partial charge on any atom is 0.408 e. The Morgan fingerprint density at radius 1 is 1.28 bits per heavy atom. The van der Waals surface area contributed by atoms with Crippen molar-refractivity contribution >= 4 is 12.1 Å². The van der Waals surface area contributed by atoms with Crippen LogP contribution in [0.25, 0.3) is 0 Å². The third-order valence-electron chi connectivity index (χ3n) is 5.04. The molecule has 1 rings (SSSR count). The van der Waals surface area contributed by atoms with E-state index in [-0.39, 0.29) is 30.0 Å². The van der Waals surface area contributed by atoms with Gasteiger partial charge in [0.1, 0.15) is 11.7 Å². The normalized spacial score (nSPS) is 23.5. The van der Waals surface area contributed by atoms with Crippen LogP contribution in [-0.4, -0.2) is 29.8 Å². The van der Waals surface area contributed by atoms with Crippen LogP contribution in [0.2, 0.25) is 0 Å². The zero-order valence-corrected chi connectivity index (χ0v) is 17.2. The quantitative estimate of drug-likeness (QED) is 0.681. The summed E-state index contributed by atoms with van der Waals surface area (Å²) in [5.41, 5.74) is -0.552. The van der Waals surface area contributed by atoms with Gasteiger partial charge in [0.15, 0.2) is 0 Å². The van der Waals surface area contributed by atoms with Crippen molar-refractivity contribution in [2.75, 3.05) is 0 Å². The molecule has 5 heteroatoms. The van der Waals surface area contributed by atoms with Gasteiger partial charge in [-0.2, -0.15) is 0 Å². The van der Waals surface area contributed by atoms with E-state index in [2.05, 4.69) is 26.1 Å². The van der Waals surface area contributed by atoms with Gasteiger partial charge in [-0.15, -0.1) is 0 Å². The van der Waals surface area contributed by atoms with Crippen molar-refractivity contribution in [3.8, 4) is 0 Å². The van der Waals surface area contributed by atoms with Crippen LogP contribution in [0.4, 0.5) is 4.79 Å². The summed E-state index contributed by atoms with van der Waals surface area (Å²) < 4.78 is 11.1. The maximum absolute atomic E-state index is 12.3. The van der Waals surface area contributed by atoms with Gasteiger partial charge in [0.2, 0.25) is 0 Å². The Morgan fingerprint density at radius 2 is 1.88 bits per heavy atom. The minimum absolute atomic E-state index is 0.0907. The third-order valence-corrected chi connectivity index (χ3v) is 5.04. The number of ether oxygens (including phenoxy) is 2. The van der Waals surface area contributed by atoms with Gasteiger partial charge in [0, 0.05) is 0 Å². The molecule has 1 aliphatic rings. The third kappa shape index (κ3) is 6.87. The number of rotatable bonds is 7. The lowest BCUT2D eigenvalue weighted by molar-refractivity contribution is -0.146. The van der Waals surface area contributed by atoms with Gasteiger partial charge in [-0.05, 0) is 51.4 Å². The second kappa shape index (κ2) is 8.91. The molecule has 0 bridgehead atoms. The number of nitrogens with one attached hydrogen (secondary N) is 1. The Kier molecular flexibility index (Phi) is 7.76. The van der Waals surface area contributed by atoms with Gasteiger partial charge in [0.05, 0.1) is 12.0 Å². The second-order valence-corrected chi connectivity index (χ2v) is 8.96. The predicted molar refractivity (Wildman–Crippen MR) is 99.2 cm³/mol. The summed E-state index contributed by atoms with van der Waals surface area (Å²) in [5, 5.41) is 2.98. The molecule has 4 atom stereocenters. The first-order valence-electron chi connectivity index (χ1n) is 9.64. The van der Waals surface area contributed by atoms with Crippen molar-refractivity contribution < 1.29 is 19.1 Å². The number of hydrogen-bond acceptors (Lipinski definition) is 4. The molecule has 0 aromatic carbocycles. The Bertz CT molecular complexity index is 453. The monoisotopic (exact) mass is 355 g/mol. The summed E-state index contributed by atoms with van der Waals surface area (Å²) in [6.07, 6.45) is 1.75. The number of hydrogen-bond donors (Lipinski definition) is 1. The van der Waals surface area contributed by atoms with Crippen LogP contribution < -0.4 is 5.32 Å². The fraction of sp³-hybridized carbons (Fsp3) is 0.900. The highest BCUT2D eigenvalue weighted by molar-refractivity contribution is 5.75. The average Bonchev–Trinajstić information content (AvgIpc) is 2.83. The van der Waals surface area contributed by atoms with Crippen molar-refractivity contribution in [3.05, 3.63) is 0 Å². The van der Waals surface area contributed by atoms with Crippen LogP contribution in [0.1, 0.15) is 74.7 Å². The molecule has 0 aliphatic carbocycles. The van der Waals surface area contributed by atoms with E-state index in [4.69, 9.17) is 9.47 Å². The molecular weight excluding hydrogens is 318 g/mol. The minimum Gasteiger partial charge on any atom is -0.460 e. The SMILES string of the molecule is CC[C@@H](C[C@H](NC(=O)OC(C)(C)C)[C@@H]1C[C@@H](C(C)C)C(=O)O1)C(C)C. The highest BCUT2D eigenvalue weighted by Gasteiger charge is 2.41. The molecular formula is C20H37NO4. The topological polar surface area (TPSA) is 64.6 Å². The van der Waals surface area contributed by atoms with Gasteiger partial charge in [-0.3, -0.25) is 4.79 Å². The second-order valence-electron chi connectivity index (χ2n) is 8.96. The van der Waals surface area contributed by atoms with Crippen molar-refractivity contribution in [3.63, 3.8) is 0 Å². The molecule has 0 radical (unpaired) electrons. The van der Waals surface area contributed by atoms with E-state index < -0.39 is 11.7 Å². The highest BCUT2D eigenvalue weighted by Crippen LogP contribution is 2.32. The molecule has 0 saturated carbocycles. The standard InChI is InChI=1S/C20H37NO4/c1-9-14(12(2)3)10-16(21-19(23)25-20(6,7)8)17-11-15(13(4)5)18(22)24-17/h12-17H,9-11H2,1-8H3,(H,21,23)/t14-,15-,16-,17-/m0/s1. The van der Waals surface area contributed by atoms with Gasteiger partial charge >= 0.3 is 12.1 Å². The van der Waals surface area contributed by atoms with E-state index in [1.165, 1.54) is 0 Å². The summed E-state index contributed by atoms with van der Waals surface area (Å²) in [6.45, 7) is 16.1. The fourth-order valence-corrected chi connectivity index (χ4v) is 3.42. The van der Waals surface area contributed by atoms with E-state index in [0.717, 1.165) is 12.8 Å². The van der Waals surface area contributed by atoms with Crippen LogP contribution in [0.15, 0.2) is 0 Å². The van der Waals surface area contributed by atoms with E-state index in [9.17, 15) is 9.59 Å². The average molecular weight is 356 g/mol. The molecule has 1 N–H and O–H groups in total. The Morgan fingerprint density at radius 3 is 2.28 bits per heavy atom. The van der Waals surface area contributed by atoms with Crippen LogP contribution >= 0.6 is 0 Å². The maximum atomic E-state index is 12.3. The fourth-order valence-electron chi connectivity index (χ4n) is 3.42.